The molecule has 0 spiro atoms. The Hall–Kier alpha value is -3.60. The number of furan rings is 1. The Morgan fingerprint density at radius 1 is 1.04 bits per heavy atom. The molecule has 4 aromatic rings. The Bertz CT molecular complexity index is 1070. The van der Waals surface area contributed by atoms with Crippen molar-refractivity contribution in [3.05, 3.63) is 95.9 Å². The molecular weight excluding hydrogens is 350 g/mol. The van der Waals surface area contributed by atoms with Crippen molar-refractivity contribution in [3.63, 3.8) is 0 Å². The highest BCUT2D eigenvalue weighted by Crippen LogP contribution is 2.23. The first kappa shape index (κ1) is 17.8. The third-order valence-corrected chi connectivity index (χ3v) is 4.64. The van der Waals surface area contributed by atoms with Crippen LogP contribution in [0.5, 0.6) is 0 Å². The van der Waals surface area contributed by atoms with Crippen LogP contribution in [0.15, 0.2) is 83.5 Å². The summed E-state index contributed by atoms with van der Waals surface area (Å²) in [6, 6.07) is 23.0. The Balaban J connectivity index is 1.70. The Morgan fingerprint density at radius 3 is 2.46 bits per heavy atom. The lowest BCUT2D eigenvalue weighted by atomic mass is 10.1. The van der Waals surface area contributed by atoms with Crippen LogP contribution in [0.3, 0.4) is 0 Å². The predicted octanol–water partition coefficient (Wildman–Crippen LogP) is 4.93. The van der Waals surface area contributed by atoms with Gasteiger partial charge >= 0.3 is 0 Å². The van der Waals surface area contributed by atoms with E-state index in [2.05, 4.69) is 10.4 Å². The fourth-order valence-electron chi connectivity index (χ4n) is 3.07. The van der Waals surface area contributed by atoms with E-state index in [0.717, 1.165) is 16.8 Å². The average molecular weight is 371 g/mol. The zero-order valence-corrected chi connectivity index (χ0v) is 15.8. The lowest BCUT2D eigenvalue weighted by molar-refractivity contribution is 0.0932. The van der Waals surface area contributed by atoms with E-state index in [-0.39, 0.29) is 11.9 Å². The van der Waals surface area contributed by atoms with Gasteiger partial charge in [0.2, 0.25) is 0 Å². The lowest BCUT2D eigenvalue weighted by Crippen LogP contribution is -2.28. The number of aromatic nitrogens is 2. The molecule has 0 bridgehead atoms. The molecule has 2 aromatic heterocycles. The normalized spacial score (nSPS) is 11.9. The maximum Gasteiger partial charge on any atom is 0.270 e. The van der Waals surface area contributed by atoms with Crippen LogP contribution in [-0.4, -0.2) is 15.7 Å². The summed E-state index contributed by atoms with van der Waals surface area (Å²) in [6.45, 7) is 3.99. The summed E-state index contributed by atoms with van der Waals surface area (Å²) in [5, 5.41) is 7.68. The van der Waals surface area contributed by atoms with Crippen LogP contribution in [0.1, 0.15) is 34.6 Å². The van der Waals surface area contributed by atoms with Crippen LogP contribution in [0.2, 0.25) is 0 Å². The number of carbonyl (C=O) groups is 1. The quantitative estimate of drug-likeness (QED) is 0.541. The standard InChI is InChI=1S/C23H21N3O2/c1-16-10-12-19(13-11-16)26-21(15-20(25-26)22-9-6-14-28-22)23(27)24-17(2)18-7-4-3-5-8-18/h3-15,17H,1-2H3,(H,24,27)/t17-/m1/s1. The van der Waals surface area contributed by atoms with Crippen LogP contribution >= 0.6 is 0 Å². The fraction of sp³-hybridized carbons (Fsp3) is 0.130. The van der Waals surface area contributed by atoms with Crippen molar-refractivity contribution in [2.24, 2.45) is 0 Å². The zero-order valence-electron chi connectivity index (χ0n) is 15.8. The SMILES string of the molecule is Cc1ccc(-n2nc(-c3ccco3)cc2C(=O)N[C@H](C)c2ccccc2)cc1. The second-order valence-corrected chi connectivity index (χ2v) is 6.75. The third kappa shape index (κ3) is 3.60. The van der Waals surface area contributed by atoms with Gasteiger partial charge in [0.1, 0.15) is 11.4 Å². The maximum absolute atomic E-state index is 13.1. The van der Waals surface area contributed by atoms with Crippen molar-refractivity contribution < 1.29 is 9.21 Å². The highest BCUT2D eigenvalue weighted by molar-refractivity contribution is 5.94. The molecule has 1 N–H and O–H groups in total. The van der Waals surface area contributed by atoms with Crippen molar-refractivity contribution in [3.8, 4) is 17.1 Å². The maximum atomic E-state index is 13.1. The first-order valence-electron chi connectivity index (χ1n) is 9.18. The van der Waals surface area contributed by atoms with Crippen molar-refractivity contribution in [1.82, 2.24) is 15.1 Å². The van der Waals surface area contributed by atoms with Gasteiger partial charge in [0.15, 0.2) is 5.76 Å². The minimum atomic E-state index is -0.192. The van der Waals surface area contributed by atoms with E-state index in [4.69, 9.17) is 4.42 Å². The van der Waals surface area contributed by atoms with Gasteiger partial charge in [-0.25, -0.2) is 4.68 Å². The van der Waals surface area contributed by atoms with Gasteiger partial charge in [-0.2, -0.15) is 5.10 Å². The minimum absolute atomic E-state index is 0.123. The highest BCUT2D eigenvalue weighted by Gasteiger charge is 2.20. The van der Waals surface area contributed by atoms with Gasteiger partial charge in [-0.05, 0) is 43.7 Å². The van der Waals surface area contributed by atoms with E-state index in [1.165, 1.54) is 0 Å². The molecule has 0 saturated carbocycles. The second kappa shape index (κ2) is 7.56. The molecule has 0 aliphatic carbocycles. The summed E-state index contributed by atoms with van der Waals surface area (Å²) < 4.78 is 7.12. The molecule has 0 saturated heterocycles. The summed E-state index contributed by atoms with van der Waals surface area (Å²) in [4.78, 5) is 13.1. The van der Waals surface area contributed by atoms with Crippen molar-refractivity contribution >= 4 is 5.91 Å². The largest absolute Gasteiger partial charge is 0.463 e. The van der Waals surface area contributed by atoms with E-state index >= 15 is 0 Å². The molecule has 0 aliphatic heterocycles. The highest BCUT2D eigenvalue weighted by atomic mass is 16.3. The molecule has 2 heterocycles. The molecule has 1 amide bonds. The number of nitrogens with one attached hydrogen (secondary N) is 1. The smallest absolute Gasteiger partial charge is 0.270 e. The molecule has 2 aromatic carbocycles. The Morgan fingerprint density at radius 2 is 1.79 bits per heavy atom. The lowest BCUT2D eigenvalue weighted by Gasteiger charge is -2.15. The number of hydrogen-bond donors (Lipinski definition) is 1. The van der Waals surface area contributed by atoms with E-state index in [9.17, 15) is 4.79 Å². The van der Waals surface area contributed by atoms with Gasteiger partial charge < -0.3 is 9.73 Å². The third-order valence-electron chi connectivity index (χ3n) is 4.64. The molecule has 0 fully saturated rings. The van der Waals surface area contributed by atoms with Crippen LogP contribution in [0.4, 0.5) is 0 Å². The second-order valence-electron chi connectivity index (χ2n) is 6.75. The number of nitrogens with zero attached hydrogens (tertiary/aromatic N) is 2. The van der Waals surface area contributed by atoms with Crippen molar-refractivity contribution in [2.45, 2.75) is 19.9 Å². The molecule has 1 atom stereocenters. The zero-order chi connectivity index (χ0) is 19.5. The molecule has 5 nitrogen and oxygen atoms in total. The first-order chi connectivity index (χ1) is 13.6. The van der Waals surface area contributed by atoms with Gasteiger partial charge in [-0.3, -0.25) is 4.79 Å². The fourth-order valence-corrected chi connectivity index (χ4v) is 3.07. The average Bonchev–Trinajstić information content (AvgIpc) is 3.39. The van der Waals surface area contributed by atoms with Gasteiger partial charge in [0.25, 0.3) is 5.91 Å². The van der Waals surface area contributed by atoms with E-state index < -0.39 is 0 Å². The minimum Gasteiger partial charge on any atom is -0.463 e. The monoisotopic (exact) mass is 371 g/mol. The van der Waals surface area contributed by atoms with E-state index in [0.29, 0.717) is 17.1 Å². The van der Waals surface area contributed by atoms with Crippen LogP contribution in [0, 0.1) is 6.92 Å². The Labute approximate surface area is 163 Å². The summed E-state index contributed by atoms with van der Waals surface area (Å²) in [7, 11) is 0. The summed E-state index contributed by atoms with van der Waals surface area (Å²) in [5.41, 5.74) is 4.08. The summed E-state index contributed by atoms with van der Waals surface area (Å²) in [5.74, 6) is 0.429. The van der Waals surface area contributed by atoms with Crippen LogP contribution < -0.4 is 5.32 Å². The summed E-state index contributed by atoms with van der Waals surface area (Å²) >= 11 is 0. The van der Waals surface area contributed by atoms with Crippen LogP contribution in [-0.2, 0) is 0 Å². The molecule has 140 valence electrons. The molecule has 0 unspecified atom stereocenters. The molecule has 5 heteroatoms. The topological polar surface area (TPSA) is 60.1 Å². The first-order valence-corrected chi connectivity index (χ1v) is 9.18. The van der Waals surface area contributed by atoms with Gasteiger partial charge in [-0.15, -0.1) is 0 Å². The van der Waals surface area contributed by atoms with E-state index in [1.54, 1.807) is 23.1 Å². The molecular formula is C23H21N3O2. The molecule has 0 radical (unpaired) electrons. The number of rotatable bonds is 5. The van der Waals surface area contributed by atoms with Gasteiger partial charge in [0.05, 0.1) is 18.0 Å². The molecule has 4 rings (SSSR count). The van der Waals surface area contributed by atoms with Crippen LogP contribution in [0.25, 0.3) is 17.1 Å². The number of hydrogen-bond acceptors (Lipinski definition) is 3. The summed E-state index contributed by atoms with van der Waals surface area (Å²) in [6.07, 6.45) is 1.59. The Kier molecular flexibility index (Phi) is 4.81. The van der Waals surface area contributed by atoms with Crippen molar-refractivity contribution in [1.29, 1.82) is 0 Å². The van der Waals surface area contributed by atoms with Crippen molar-refractivity contribution in [2.75, 3.05) is 0 Å². The van der Waals surface area contributed by atoms with Gasteiger partial charge in [-0.1, -0.05) is 48.0 Å². The number of benzene rings is 2. The molecule has 28 heavy (non-hydrogen) atoms. The number of carbonyl (C=O) groups excluding carboxylic acids is 1. The van der Waals surface area contributed by atoms with Gasteiger partial charge in [0, 0.05) is 6.07 Å². The molecule has 0 aliphatic rings. The predicted molar refractivity (Wildman–Crippen MR) is 108 cm³/mol. The number of aryl methyl sites for hydroxylation is 1. The van der Waals surface area contributed by atoms with E-state index in [1.807, 2.05) is 74.5 Å². The number of amides is 1.